The van der Waals surface area contributed by atoms with Crippen LogP contribution in [0.3, 0.4) is 0 Å². The van der Waals surface area contributed by atoms with Crippen molar-refractivity contribution in [2.45, 2.75) is 33.2 Å². The molecule has 0 fully saturated rings. The van der Waals surface area contributed by atoms with Gasteiger partial charge in [0.05, 0.1) is 41.9 Å². The third-order valence-corrected chi connectivity index (χ3v) is 7.92. The van der Waals surface area contributed by atoms with Gasteiger partial charge in [0.25, 0.3) is 5.91 Å². The molecule has 0 unspecified atom stereocenters. The van der Waals surface area contributed by atoms with Gasteiger partial charge in [-0.2, -0.15) is 5.10 Å². The van der Waals surface area contributed by atoms with Crippen molar-refractivity contribution >= 4 is 43.2 Å². The molecular formula is C33H27F4N6O11P. The minimum absolute atomic E-state index is 0.0155. The summed E-state index contributed by atoms with van der Waals surface area (Å²) >= 11 is 0. The number of carbonyl (C=O) groups is 4. The number of halogens is 4. The quantitative estimate of drug-likeness (QED) is 0.0663. The van der Waals surface area contributed by atoms with Gasteiger partial charge in [0.2, 0.25) is 5.91 Å². The van der Waals surface area contributed by atoms with Crippen molar-refractivity contribution in [2.24, 2.45) is 0 Å². The highest BCUT2D eigenvalue weighted by Gasteiger charge is 2.36. The maximum absolute atomic E-state index is 15.2. The number of phosphoric ester groups is 1. The number of imidazole rings is 1. The zero-order valence-corrected chi connectivity index (χ0v) is 29.6. The lowest BCUT2D eigenvalue weighted by molar-refractivity contribution is -0.274. The van der Waals surface area contributed by atoms with E-state index in [4.69, 9.17) is 19.3 Å². The number of aromatic nitrogens is 4. The van der Waals surface area contributed by atoms with Gasteiger partial charge in [-0.25, -0.2) is 32.9 Å². The Labute approximate surface area is 306 Å². The molecule has 0 aliphatic rings. The Kier molecular flexibility index (Phi) is 11.2. The number of benzene rings is 2. The fourth-order valence-corrected chi connectivity index (χ4v) is 5.48. The van der Waals surface area contributed by atoms with Crippen LogP contribution in [0.1, 0.15) is 51.9 Å². The summed E-state index contributed by atoms with van der Waals surface area (Å²) in [4.78, 5) is 79.7. The van der Waals surface area contributed by atoms with Crippen LogP contribution in [0.4, 0.5) is 28.2 Å². The number of carbonyl (C=O) groups excluding carboxylic acids is 4. The van der Waals surface area contributed by atoms with E-state index in [1.54, 1.807) is 6.07 Å². The molecule has 0 spiro atoms. The van der Waals surface area contributed by atoms with Crippen LogP contribution in [0.25, 0.3) is 16.9 Å². The molecule has 3 heterocycles. The van der Waals surface area contributed by atoms with E-state index in [-0.39, 0.29) is 44.9 Å². The molecule has 5 aromatic rings. The minimum Gasteiger partial charge on any atom is -0.493 e. The average molecular weight is 791 g/mol. The third kappa shape index (κ3) is 9.57. The van der Waals surface area contributed by atoms with Crippen molar-refractivity contribution in [1.29, 1.82) is 0 Å². The van der Waals surface area contributed by atoms with Gasteiger partial charge >= 0.3 is 26.2 Å². The second kappa shape index (κ2) is 15.5. The zero-order valence-electron chi connectivity index (χ0n) is 28.7. The number of pyridine rings is 1. The number of nitrogens with one attached hydrogen (secondary N) is 1. The Balaban J connectivity index is 1.54. The van der Waals surface area contributed by atoms with Gasteiger partial charge < -0.3 is 24.1 Å². The number of phosphoric acid groups is 1. The van der Waals surface area contributed by atoms with Crippen LogP contribution < -0.4 is 19.3 Å². The minimum atomic E-state index is -5.19. The second-order valence-corrected chi connectivity index (χ2v) is 12.5. The molecule has 17 nitrogen and oxygen atoms in total. The summed E-state index contributed by atoms with van der Waals surface area (Å²) < 4.78 is 85.4. The van der Waals surface area contributed by atoms with Crippen LogP contribution in [-0.4, -0.2) is 71.6 Å². The molecule has 0 aliphatic carbocycles. The first-order valence-corrected chi connectivity index (χ1v) is 16.9. The molecule has 0 radical (unpaired) electrons. The van der Waals surface area contributed by atoms with Gasteiger partial charge in [0, 0.05) is 24.2 Å². The van der Waals surface area contributed by atoms with Crippen molar-refractivity contribution in [1.82, 2.24) is 24.5 Å². The monoisotopic (exact) mass is 790 g/mol. The normalized spacial score (nSPS) is 12.1. The van der Waals surface area contributed by atoms with Gasteiger partial charge in [-0.15, -0.1) is 13.2 Å². The maximum Gasteiger partial charge on any atom is 0.573 e. The number of nitrogens with zero attached hydrogens (tertiary/aromatic N) is 5. The van der Waals surface area contributed by atoms with Crippen LogP contribution in [0.2, 0.25) is 0 Å². The number of alkyl halides is 3. The van der Waals surface area contributed by atoms with Crippen molar-refractivity contribution in [3.05, 3.63) is 95.2 Å². The predicted molar refractivity (Wildman–Crippen MR) is 179 cm³/mol. The van der Waals surface area contributed by atoms with Crippen LogP contribution in [0.15, 0.2) is 67.0 Å². The number of imide groups is 1. The van der Waals surface area contributed by atoms with E-state index in [0.717, 1.165) is 32.2 Å². The molecule has 55 heavy (non-hydrogen) atoms. The first-order chi connectivity index (χ1) is 25.7. The molecule has 0 aliphatic heterocycles. The second-order valence-electron chi connectivity index (χ2n) is 11.4. The summed E-state index contributed by atoms with van der Waals surface area (Å²) in [6.07, 6.45) is -4.14. The molecule has 0 bridgehead atoms. The number of aryl methyl sites for hydroxylation is 1. The van der Waals surface area contributed by atoms with E-state index in [9.17, 15) is 36.9 Å². The number of anilines is 1. The van der Waals surface area contributed by atoms with Crippen LogP contribution in [-0.2, 0) is 14.1 Å². The van der Waals surface area contributed by atoms with Gasteiger partial charge in [-0.05, 0) is 68.4 Å². The summed E-state index contributed by atoms with van der Waals surface area (Å²) in [5, 5.41) is 6.93. The number of rotatable bonds is 10. The van der Waals surface area contributed by atoms with E-state index in [1.165, 1.54) is 42.9 Å². The van der Waals surface area contributed by atoms with Gasteiger partial charge in [-0.3, -0.25) is 24.4 Å². The molecule has 1 atom stereocenters. The van der Waals surface area contributed by atoms with Gasteiger partial charge in [0.1, 0.15) is 11.6 Å². The highest BCUT2D eigenvalue weighted by molar-refractivity contribution is 7.46. The zero-order chi connectivity index (χ0) is 40.4. The lowest BCUT2D eigenvalue weighted by atomic mass is 10.0. The van der Waals surface area contributed by atoms with Crippen LogP contribution in [0.5, 0.6) is 17.2 Å². The summed E-state index contributed by atoms with van der Waals surface area (Å²) in [5.41, 5.74) is -0.607. The SMILES string of the molecule is COc1cc(C(=O)OC(=O)N(C(=O)c2cc(-c3ccc4nc(NC(C)=O)cn4n3)cnc2C)[C@H](C)c2cc(OC(F)(F)F)ccc2F)ccc1OP(=O)(O)O. The number of methoxy groups -OCH3 is 1. The molecule has 0 saturated carbocycles. The average Bonchev–Trinajstić information content (AvgIpc) is 3.49. The van der Waals surface area contributed by atoms with Crippen molar-refractivity contribution < 1.29 is 69.8 Å². The Morgan fingerprint density at radius 1 is 1.02 bits per heavy atom. The molecular weight excluding hydrogens is 763 g/mol. The van der Waals surface area contributed by atoms with Gasteiger partial charge in [-0.1, -0.05) is 0 Å². The number of ether oxygens (including phenoxy) is 3. The Morgan fingerprint density at radius 2 is 1.75 bits per heavy atom. The maximum atomic E-state index is 15.2. The first-order valence-electron chi connectivity index (χ1n) is 15.4. The highest BCUT2D eigenvalue weighted by Crippen LogP contribution is 2.42. The molecule has 2 aromatic carbocycles. The van der Waals surface area contributed by atoms with E-state index in [1.807, 2.05) is 0 Å². The topological polar surface area (TPSA) is 221 Å². The van der Waals surface area contributed by atoms with Crippen molar-refractivity contribution in [2.75, 3.05) is 12.4 Å². The Hall–Kier alpha value is -6.44. The Morgan fingerprint density at radius 3 is 2.40 bits per heavy atom. The standard InChI is InChI=1S/C33H27F4N6O11P/c1-16-22(11-20(14-38-16)25-8-10-29-40-28(39-18(3)44)15-42(29)41-25)30(45)43(17(2)23-13-21(6-7-24(23)34)53-33(35,36)37)32(47)52-31(46)19-5-9-26(27(12-19)51-4)54-55(48,49)50/h5-15,17H,1-4H3,(H,39,44)(H2,48,49,50)/t17-/m1/s1. The van der Waals surface area contributed by atoms with E-state index in [2.05, 4.69) is 29.6 Å². The molecule has 3 aromatic heterocycles. The Bertz CT molecular complexity index is 2380. The summed E-state index contributed by atoms with van der Waals surface area (Å²) in [5.74, 6) is -5.76. The molecule has 22 heteroatoms. The third-order valence-electron chi connectivity index (χ3n) is 7.49. The van der Waals surface area contributed by atoms with Crippen molar-refractivity contribution in [3.8, 4) is 28.5 Å². The number of hydrogen-bond donors (Lipinski definition) is 3. The number of fused-ring (bicyclic) bond motifs is 1. The lowest BCUT2D eigenvalue weighted by Crippen LogP contribution is -2.41. The molecule has 0 saturated heterocycles. The van der Waals surface area contributed by atoms with E-state index >= 15 is 4.39 Å². The van der Waals surface area contributed by atoms with Crippen molar-refractivity contribution in [3.63, 3.8) is 0 Å². The highest BCUT2D eigenvalue weighted by atomic mass is 31.2. The first kappa shape index (κ1) is 39.8. The smallest absolute Gasteiger partial charge is 0.493 e. The molecule has 288 valence electrons. The largest absolute Gasteiger partial charge is 0.573 e. The molecule has 3 N–H and O–H groups in total. The fourth-order valence-electron chi connectivity index (χ4n) is 5.08. The fraction of sp³-hybridized carbons (Fsp3) is 0.182. The summed E-state index contributed by atoms with van der Waals surface area (Å²) in [6, 6.07) is 7.20. The molecule has 3 amide bonds. The molecule has 5 rings (SSSR count). The lowest BCUT2D eigenvalue weighted by Gasteiger charge is -2.28. The van der Waals surface area contributed by atoms with Gasteiger partial charge in [0.15, 0.2) is 23.0 Å². The number of hydrogen-bond acceptors (Lipinski definition) is 12. The number of amides is 3. The van der Waals surface area contributed by atoms with E-state index in [0.29, 0.717) is 23.8 Å². The van der Waals surface area contributed by atoms with E-state index < -0.39 is 66.6 Å². The van der Waals surface area contributed by atoms with Crippen LogP contribution in [0, 0.1) is 12.7 Å². The van der Waals surface area contributed by atoms with Crippen LogP contribution >= 0.6 is 7.82 Å². The number of esters is 1. The summed E-state index contributed by atoms with van der Waals surface area (Å²) in [6.45, 7) is 3.75. The summed E-state index contributed by atoms with van der Waals surface area (Å²) in [7, 11) is -3.99. The predicted octanol–water partition coefficient (Wildman–Crippen LogP) is 5.76.